The number of alkyl halides is 1. The van der Waals surface area contributed by atoms with Gasteiger partial charge in [0.05, 0.1) is 6.10 Å². The monoisotopic (exact) mass is 392 g/mol. The normalized spacial score (nSPS) is 51.0. The molecule has 0 saturated heterocycles. The molecule has 3 fully saturated rings. The second-order valence-corrected chi connectivity index (χ2v) is 9.87. The zero-order valence-corrected chi connectivity index (χ0v) is 16.6. The molecule has 154 valence electrons. The molecule has 28 heavy (non-hydrogen) atoms. The number of carboxylic acids is 1. The summed E-state index contributed by atoms with van der Waals surface area (Å²) in [5, 5.41) is 30.9. The van der Waals surface area contributed by atoms with Crippen molar-refractivity contribution in [2.24, 2.45) is 34.5 Å². The Balaban J connectivity index is 1.79. The highest BCUT2D eigenvalue weighted by molar-refractivity contribution is 6.01. The predicted octanol–water partition coefficient (Wildman–Crippen LogP) is 2.66. The SMILES string of the molecule is C[C@H]1C[C@H]2[C@@H]3CCC4=CC(=O)C=C[C@]4(C)[C@@]3(F)[C@@H](O)C[C@]2(C)C1C(O)C(=O)O. The van der Waals surface area contributed by atoms with Crippen LogP contribution in [-0.2, 0) is 9.59 Å². The van der Waals surface area contributed by atoms with Crippen LogP contribution >= 0.6 is 0 Å². The van der Waals surface area contributed by atoms with Gasteiger partial charge in [0, 0.05) is 17.3 Å². The lowest BCUT2D eigenvalue weighted by Crippen LogP contribution is -2.67. The maximum Gasteiger partial charge on any atom is 0.332 e. The Labute approximate surface area is 164 Å². The highest BCUT2D eigenvalue weighted by atomic mass is 19.1. The summed E-state index contributed by atoms with van der Waals surface area (Å²) in [6, 6.07) is 0. The van der Waals surface area contributed by atoms with Crippen molar-refractivity contribution in [2.45, 2.75) is 64.3 Å². The number of aliphatic hydroxyl groups excluding tert-OH is 2. The number of hydrogen-bond acceptors (Lipinski definition) is 4. The van der Waals surface area contributed by atoms with Crippen molar-refractivity contribution in [3.63, 3.8) is 0 Å². The molecule has 5 nitrogen and oxygen atoms in total. The van der Waals surface area contributed by atoms with Crippen molar-refractivity contribution >= 4 is 11.8 Å². The molecule has 0 spiro atoms. The van der Waals surface area contributed by atoms with E-state index in [9.17, 15) is 24.9 Å². The van der Waals surface area contributed by atoms with E-state index < -0.39 is 46.5 Å². The van der Waals surface area contributed by atoms with E-state index in [0.29, 0.717) is 19.3 Å². The first-order chi connectivity index (χ1) is 13.0. The molecule has 9 atom stereocenters. The second-order valence-electron chi connectivity index (χ2n) is 9.87. The Bertz CT molecular complexity index is 790. The number of allylic oxidation sites excluding steroid dienone is 4. The lowest BCUT2D eigenvalue weighted by molar-refractivity contribution is -0.202. The third-order valence-electron chi connectivity index (χ3n) is 8.67. The summed E-state index contributed by atoms with van der Waals surface area (Å²) < 4.78 is 16.8. The molecule has 0 aromatic heterocycles. The number of hydrogen-bond donors (Lipinski definition) is 3. The molecule has 0 heterocycles. The standard InChI is InChI=1S/C22H29FO5/c1-11-8-15-14-5-4-12-9-13(24)6-7-21(12,3)22(14,23)16(25)10-20(15,2)17(11)18(26)19(27)28/h6-7,9,11,14-18,25-26H,4-5,8,10H2,1-3H3,(H,27,28)/t11-,14-,15-,16-,17?,18?,20-,21-,22-/m0/s1. The van der Waals surface area contributed by atoms with E-state index in [4.69, 9.17) is 0 Å². The van der Waals surface area contributed by atoms with Gasteiger partial charge in [-0.1, -0.05) is 25.5 Å². The Morgan fingerprint density at radius 1 is 1.32 bits per heavy atom. The zero-order chi connectivity index (χ0) is 20.6. The van der Waals surface area contributed by atoms with Crippen LogP contribution in [0.4, 0.5) is 4.39 Å². The molecule has 4 aliphatic rings. The first-order valence-electron chi connectivity index (χ1n) is 10.2. The second kappa shape index (κ2) is 5.99. The van der Waals surface area contributed by atoms with Crippen LogP contribution in [0, 0.1) is 34.5 Å². The summed E-state index contributed by atoms with van der Waals surface area (Å²) in [5.41, 5.74) is -2.88. The maximum atomic E-state index is 16.8. The number of halogens is 1. The number of rotatable bonds is 2. The Hall–Kier alpha value is -1.53. The van der Waals surface area contributed by atoms with Crippen molar-refractivity contribution in [3.05, 3.63) is 23.8 Å². The smallest absolute Gasteiger partial charge is 0.332 e. The van der Waals surface area contributed by atoms with Crippen LogP contribution in [0.1, 0.15) is 46.5 Å². The molecule has 0 amide bonds. The third kappa shape index (κ3) is 2.25. The van der Waals surface area contributed by atoms with E-state index in [-0.39, 0.29) is 24.0 Å². The third-order valence-corrected chi connectivity index (χ3v) is 8.67. The fourth-order valence-corrected chi connectivity index (χ4v) is 7.44. The number of aliphatic hydroxyl groups is 2. The molecule has 4 aliphatic carbocycles. The number of carboxylic acid groups (broad SMARTS) is 1. The number of carbonyl (C=O) groups excluding carboxylic acids is 1. The first-order valence-corrected chi connectivity index (χ1v) is 10.2. The van der Waals surface area contributed by atoms with Gasteiger partial charge in [-0.2, -0.15) is 0 Å². The minimum absolute atomic E-state index is 0.0797. The molecular weight excluding hydrogens is 363 g/mol. The Morgan fingerprint density at radius 3 is 2.64 bits per heavy atom. The van der Waals surface area contributed by atoms with Gasteiger partial charge in [-0.25, -0.2) is 9.18 Å². The lowest BCUT2D eigenvalue weighted by Gasteiger charge is -2.62. The average molecular weight is 392 g/mol. The molecule has 2 unspecified atom stereocenters. The highest BCUT2D eigenvalue weighted by Crippen LogP contribution is 2.70. The van der Waals surface area contributed by atoms with E-state index in [0.717, 1.165) is 5.57 Å². The van der Waals surface area contributed by atoms with Gasteiger partial charge in [-0.3, -0.25) is 4.79 Å². The van der Waals surface area contributed by atoms with Crippen LogP contribution in [0.5, 0.6) is 0 Å². The predicted molar refractivity (Wildman–Crippen MR) is 100 cm³/mol. The molecule has 6 heteroatoms. The van der Waals surface area contributed by atoms with Gasteiger partial charge >= 0.3 is 5.97 Å². The van der Waals surface area contributed by atoms with Crippen molar-refractivity contribution < 1.29 is 29.3 Å². The number of carbonyl (C=O) groups is 2. The first kappa shape index (κ1) is 19.8. The van der Waals surface area contributed by atoms with Crippen molar-refractivity contribution in [2.75, 3.05) is 0 Å². The van der Waals surface area contributed by atoms with Crippen molar-refractivity contribution in [3.8, 4) is 0 Å². The summed E-state index contributed by atoms with van der Waals surface area (Å²) in [4.78, 5) is 23.3. The van der Waals surface area contributed by atoms with E-state index in [1.807, 2.05) is 13.8 Å². The van der Waals surface area contributed by atoms with E-state index in [2.05, 4.69) is 0 Å². The fraction of sp³-hybridized carbons (Fsp3) is 0.727. The van der Waals surface area contributed by atoms with Crippen LogP contribution in [0.3, 0.4) is 0 Å². The minimum Gasteiger partial charge on any atom is -0.479 e. The zero-order valence-electron chi connectivity index (χ0n) is 16.6. The molecule has 0 bridgehead atoms. The van der Waals surface area contributed by atoms with E-state index in [1.54, 1.807) is 13.0 Å². The van der Waals surface area contributed by atoms with Gasteiger partial charge in [0.1, 0.15) is 0 Å². The molecule has 0 aromatic carbocycles. The lowest BCUT2D eigenvalue weighted by atomic mass is 9.45. The molecule has 4 rings (SSSR count). The quantitative estimate of drug-likeness (QED) is 0.672. The number of ketones is 1. The van der Waals surface area contributed by atoms with E-state index in [1.165, 1.54) is 12.2 Å². The molecule has 0 aromatic rings. The Kier molecular flexibility index (Phi) is 4.23. The van der Waals surface area contributed by atoms with Gasteiger partial charge in [0.2, 0.25) is 0 Å². The highest BCUT2D eigenvalue weighted by Gasteiger charge is 2.71. The van der Waals surface area contributed by atoms with Crippen LogP contribution in [0.25, 0.3) is 0 Å². The number of aliphatic carboxylic acids is 1. The Morgan fingerprint density at radius 2 is 2.00 bits per heavy atom. The van der Waals surface area contributed by atoms with Crippen molar-refractivity contribution in [1.82, 2.24) is 0 Å². The fourth-order valence-electron chi connectivity index (χ4n) is 7.44. The largest absolute Gasteiger partial charge is 0.479 e. The van der Waals surface area contributed by atoms with Crippen LogP contribution in [0.2, 0.25) is 0 Å². The van der Waals surface area contributed by atoms with Gasteiger partial charge in [-0.05, 0) is 62.0 Å². The van der Waals surface area contributed by atoms with Gasteiger partial charge < -0.3 is 15.3 Å². The van der Waals surface area contributed by atoms with Gasteiger partial charge in [0.15, 0.2) is 17.6 Å². The van der Waals surface area contributed by atoms with Crippen LogP contribution in [-0.4, -0.2) is 44.9 Å². The maximum absolute atomic E-state index is 16.8. The van der Waals surface area contributed by atoms with Crippen LogP contribution in [0.15, 0.2) is 23.8 Å². The van der Waals surface area contributed by atoms with Crippen LogP contribution < -0.4 is 0 Å². The molecule has 0 radical (unpaired) electrons. The molecule has 0 aliphatic heterocycles. The molecule has 3 saturated carbocycles. The summed E-state index contributed by atoms with van der Waals surface area (Å²) in [6.45, 7) is 5.60. The topological polar surface area (TPSA) is 94.8 Å². The number of fused-ring (bicyclic) bond motifs is 5. The van der Waals surface area contributed by atoms with Crippen molar-refractivity contribution in [1.29, 1.82) is 0 Å². The summed E-state index contributed by atoms with van der Waals surface area (Å²) in [5.74, 6) is -2.59. The summed E-state index contributed by atoms with van der Waals surface area (Å²) in [6.07, 6.45) is 3.53. The molecular formula is C22H29FO5. The minimum atomic E-state index is -1.92. The van der Waals surface area contributed by atoms with Gasteiger partial charge in [-0.15, -0.1) is 0 Å². The molecule has 3 N–H and O–H groups in total. The van der Waals surface area contributed by atoms with E-state index >= 15 is 4.39 Å². The summed E-state index contributed by atoms with van der Waals surface area (Å²) >= 11 is 0. The summed E-state index contributed by atoms with van der Waals surface area (Å²) in [7, 11) is 0. The average Bonchev–Trinajstić information content (AvgIpc) is 2.86. The van der Waals surface area contributed by atoms with Gasteiger partial charge in [0.25, 0.3) is 0 Å².